The molecule has 0 bridgehead atoms. The molecule has 3 aromatic rings. The van der Waals surface area contributed by atoms with Crippen LogP contribution in [0.4, 0.5) is 5.69 Å². The third kappa shape index (κ3) is 5.38. The van der Waals surface area contributed by atoms with Crippen molar-refractivity contribution in [2.24, 2.45) is 0 Å². The lowest BCUT2D eigenvalue weighted by Gasteiger charge is -2.31. The van der Waals surface area contributed by atoms with Gasteiger partial charge in [0, 0.05) is 36.5 Å². The molecule has 0 radical (unpaired) electrons. The van der Waals surface area contributed by atoms with E-state index in [0.717, 1.165) is 53.3 Å². The Bertz CT molecular complexity index is 1280. The molecule has 1 heterocycles. The Morgan fingerprint density at radius 2 is 1.70 bits per heavy atom. The standard InChI is InChI=1S/C31H35N3O3/c1-22(30(36)32-25-15-6-3-7-16-25)34(21-23-11-4-2-5-12-23)28(35)19-10-20-33-27-18-9-14-24-13-8-17-26(29(24)27)31(33)37/h2,4-5,8-9,11-14,17-18,22,25H,3,6-7,10,15-16,19-21H2,1H3,(H,32,36)/t22-/m1/s1. The van der Waals surface area contributed by atoms with Crippen molar-refractivity contribution >= 4 is 34.2 Å². The Balaban J connectivity index is 1.25. The number of hydrogen-bond acceptors (Lipinski definition) is 3. The molecule has 6 nitrogen and oxygen atoms in total. The number of nitrogens with zero attached hydrogens (tertiary/aromatic N) is 2. The first-order chi connectivity index (χ1) is 18.0. The second-order valence-corrected chi connectivity index (χ2v) is 10.3. The fourth-order valence-electron chi connectivity index (χ4n) is 5.66. The Labute approximate surface area is 218 Å². The summed E-state index contributed by atoms with van der Waals surface area (Å²) in [6.07, 6.45) is 6.30. The van der Waals surface area contributed by atoms with Crippen molar-refractivity contribution < 1.29 is 14.4 Å². The molecule has 0 unspecified atom stereocenters. The zero-order valence-electron chi connectivity index (χ0n) is 21.5. The third-order valence-corrected chi connectivity index (χ3v) is 7.74. The highest BCUT2D eigenvalue weighted by atomic mass is 16.2. The molecule has 0 spiro atoms. The van der Waals surface area contributed by atoms with Crippen LogP contribution in [-0.4, -0.2) is 41.2 Å². The van der Waals surface area contributed by atoms with Gasteiger partial charge >= 0.3 is 0 Å². The van der Waals surface area contributed by atoms with Gasteiger partial charge in [0.1, 0.15) is 6.04 Å². The minimum absolute atomic E-state index is 0.0133. The lowest BCUT2D eigenvalue weighted by atomic mass is 9.95. The smallest absolute Gasteiger partial charge is 0.258 e. The number of anilines is 1. The van der Waals surface area contributed by atoms with Crippen LogP contribution in [0.25, 0.3) is 10.8 Å². The van der Waals surface area contributed by atoms with E-state index in [9.17, 15) is 14.4 Å². The number of carbonyl (C=O) groups excluding carboxylic acids is 3. The van der Waals surface area contributed by atoms with Gasteiger partial charge in [0.15, 0.2) is 0 Å². The van der Waals surface area contributed by atoms with Gasteiger partial charge in [0.2, 0.25) is 11.8 Å². The van der Waals surface area contributed by atoms with E-state index in [-0.39, 0.29) is 30.2 Å². The van der Waals surface area contributed by atoms with E-state index in [0.29, 0.717) is 19.5 Å². The van der Waals surface area contributed by atoms with E-state index in [1.807, 2.05) is 73.7 Å². The SMILES string of the molecule is C[C@H](C(=O)NC1CCCCC1)N(Cc1ccccc1)C(=O)CCCN1C(=O)c2cccc3cccc1c23. The maximum atomic E-state index is 13.5. The molecule has 1 N–H and O–H groups in total. The summed E-state index contributed by atoms with van der Waals surface area (Å²) in [6.45, 7) is 2.66. The lowest BCUT2D eigenvalue weighted by molar-refractivity contribution is -0.141. The molecule has 1 aliphatic heterocycles. The van der Waals surface area contributed by atoms with Gasteiger partial charge in [-0.3, -0.25) is 14.4 Å². The van der Waals surface area contributed by atoms with E-state index in [1.54, 1.807) is 9.80 Å². The lowest BCUT2D eigenvalue weighted by Crippen LogP contribution is -2.50. The first-order valence-electron chi connectivity index (χ1n) is 13.5. The number of rotatable bonds is 9. The summed E-state index contributed by atoms with van der Waals surface area (Å²) in [5.41, 5.74) is 2.62. The molecular formula is C31H35N3O3. The van der Waals surface area contributed by atoms with Crippen LogP contribution in [0.15, 0.2) is 66.7 Å². The fourth-order valence-corrected chi connectivity index (χ4v) is 5.66. The fraction of sp³-hybridized carbons (Fsp3) is 0.387. The van der Waals surface area contributed by atoms with Crippen LogP contribution in [0.3, 0.4) is 0 Å². The molecule has 0 aromatic heterocycles. The Morgan fingerprint density at radius 3 is 2.46 bits per heavy atom. The normalized spacial score (nSPS) is 16.1. The largest absolute Gasteiger partial charge is 0.352 e. The maximum absolute atomic E-state index is 13.5. The third-order valence-electron chi connectivity index (χ3n) is 7.74. The number of benzene rings is 3. The van der Waals surface area contributed by atoms with Crippen LogP contribution in [0.2, 0.25) is 0 Å². The maximum Gasteiger partial charge on any atom is 0.258 e. The van der Waals surface area contributed by atoms with Crippen molar-refractivity contribution in [3.05, 3.63) is 77.9 Å². The van der Waals surface area contributed by atoms with Gasteiger partial charge in [0.25, 0.3) is 5.91 Å². The molecule has 1 saturated carbocycles. The zero-order chi connectivity index (χ0) is 25.8. The summed E-state index contributed by atoms with van der Waals surface area (Å²) < 4.78 is 0. The number of hydrogen-bond donors (Lipinski definition) is 1. The predicted molar refractivity (Wildman–Crippen MR) is 146 cm³/mol. The second kappa shape index (κ2) is 11.2. The van der Waals surface area contributed by atoms with Crippen molar-refractivity contribution in [1.29, 1.82) is 0 Å². The van der Waals surface area contributed by atoms with Gasteiger partial charge in [-0.05, 0) is 49.3 Å². The van der Waals surface area contributed by atoms with Crippen LogP contribution < -0.4 is 10.2 Å². The summed E-state index contributed by atoms with van der Waals surface area (Å²) in [5, 5.41) is 5.22. The molecule has 1 atom stereocenters. The molecule has 0 saturated heterocycles. The van der Waals surface area contributed by atoms with Gasteiger partial charge in [-0.2, -0.15) is 0 Å². The highest BCUT2D eigenvalue weighted by molar-refractivity contribution is 6.25. The van der Waals surface area contributed by atoms with Gasteiger partial charge in [-0.25, -0.2) is 0 Å². The molecule has 1 aliphatic carbocycles. The van der Waals surface area contributed by atoms with E-state index >= 15 is 0 Å². The predicted octanol–water partition coefficient (Wildman–Crippen LogP) is 5.45. The molecule has 3 amide bonds. The van der Waals surface area contributed by atoms with Crippen LogP contribution in [0.5, 0.6) is 0 Å². The molecule has 37 heavy (non-hydrogen) atoms. The van der Waals surface area contributed by atoms with Crippen LogP contribution in [0, 0.1) is 0 Å². The minimum Gasteiger partial charge on any atom is -0.352 e. The first kappa shape index (κ1) is 25.0. The van der Waals surface area contributed by atoms with Gasteiger partial charge in [0.05, 0.1) is 5.69 Å². The van der Waals surface area contributed by atoms with Gasteiger partial charge < -0.3 is 15.1 Å². The summed E-state index contributed by atoms with van der Waals surface area (Å²) in [4.78, 5) is 43.2. The monoisotopic (exact) mass is 497 g/mol. The topological polar surface area (TPSA) is 69.7 Å². The van der Waals surface area contributed by atoms with Crippen LogP contribution in [0.1, 0.15) is 67.8 Å². The summed E-state index contributed by atoms with van der Waals surface area (Å²) in [5.74, 6) is -0.175. The number of nitrogens with one attached hydrogen (secondary N) is 1. The molecular weight excluding hydrogens is 462 g/mol. The quantitative estimate of drug-likeness (QED) is 0.428. The average molecular weight is 498 g/mol. The molecule has 2 aliphatic rings. The molecule has 6 heteroatoms. The molecule has 5 rings (SSSR count). The number of amides is 3. The number of carbonyl (C=O) groups is 3. The first-order valence-corrected chi connectivity index (χ1v) is 13.5. The van der Waals surface area contributed by atoms with Crippen LogP contribution in [-0.2, 0) is 16.1 Å². The van der Waals surface area contributed by atoms with Crippen molar-refractivity contribution in [3.8, 4) is 0 Å². The average Bonchev–Trinajstić information content (AvgIpc) is 3.20. The second-order valence-electron chi connectivity index (χ2n) is 10.3. The molecule has 1 fully saturated rings. The van der Waals surface area contributed by atoms with Crippen molar-refractivity contribution in [1.82, 2.24) is 10.2 Å². The Hall–Kier alpha value is -3.67. The molecule has 192 valence electrons. The van der Waals surface area contributed by atoms with Crippen LogP contribution >= 0.6 is 0 Å². The van der Waals surface area contributed by atoms with Gasteiger partial charge in [-0.1, -0.05) is 73.9 Å². The van der Waals surface area contributed by atoms with Crippen molar-refractivity contribution in [2.75, 3.05) is 11.4 Å². The van der Waals surface area contributed by atoms with E-state index in [1.165, 1.54) is 6.42 Å². The summed E-state index contributed by atoms with van der Waals surface area (Å²) in [6, 6.07) is 21.2. The van der Waals surface area contributed by atoms with Crippen molar-refractivity contribution in [2.45, 2.75) is 70.5 Å². The van der Waals surface area contributed by atoms with E-state index < -0.39 is 6.04 Å². The summed E-state index contributed by atoms with van der Waals surface area (Å²) in [7, 11) is 0. The van der Waals surface area contributed by atoms with E-state index in [4.69, 9.17) is 0 Å². The minimum atomic E-state index is -0.568. The Kier molecular flexibility index (Phi) is 7.54. The highest BCUT2D eigenvalue weighted by Gasteiger charge is 2.31. The zero-order valence-corrected chi connectivity index (χ0v) is 21.5. The van der Waals surface area contributed by atoms with Crippen molar-refractivity contribution in [3.63, 3.8) is 0 Å². The van der Waals surface area contributed by atoms with E-state index in [2.05, 4.69) is 5.32 Å². The summed E-state index contributed by atoms with van der Waals surface area (Å²) >= 11 is 0. The highest BCUT2D eigenvalue weighted by Crippen LogP contribution is 2.37. The Morgan fingerprint density at radius 1 is 0.973 bits per heavy atom. The molecule has 3 aromatic carbocycles. The van der Waals surface area contributed by atoms with Gasteiger partial charge in [-0.15, -0.1) is 0 Å².